The second kappa shape index (κ2) is 4.43. The number of aromatic nitrogens is 2. The van der Waals surface area contributed by atoms with E-state index in [1.54, 1.807) is 6.20 Å². The zero-order valence-corrected chi connectivity index (χ0v) is 9.04. The highest BCUT2D eigenvalue weighted by Crippen LogP contribution is 2.13. The lowest BCUT2D eigenvalue weighted by molar-refractivity contribution is 0.464. The van der Waals surface area contributed by atoms with E-state index in [4.69, 9.17) is 4.42 Å². The van der Waals surface area contributed by atoms with Crippen molar-refractivity contribution in [3.05, 3.63) is 40.5 Å². The van der Waals surface area contributed by atoms with Crippen molar-refractivity contribution in [2.24, 2.45) is 0 Å². The van der Waals surface area contributed by atoms with Gasteiger partial charge in [0.2, 0.25) is 0 Å². The summed E-state index contributed by atoms with van der Waals surface area (Å²) >= 11 is 3.25. The molecule has 2 aromatic rings. The summed E-state index contributed by atoms with van der Waals surface area (Å²) in [5, 5.41) is 9.96. The lowest BCUT2D eigenvalue weighted by Gasteiger charge is -1.99. The van der Waals surface area contributed by atoms with E-state index in [9.17, 15) is 0 Å². The Morgan fingerprint density at radius 3 is 2.93 bits per heavy atom. The molecular formula is C9H10BrN3O. The second-order valence-electron chi connectivity index (χ2n) is 2.89. The summed E-state index contributed by atoms with van der Waals surface area (Å²) < 4.78 is 6.09. The summed E-state index contributed by atoms with van der Waals surface area (Å²) in [6.07, 6.45) is 1.74. The van der Waals surface area contributed by atoms with Crippen molar-refractivity contribution >= 4 is 15.9 Å². The van der Waals surface area contributed by atoms with Gasteiger partial charge in [-0.05, 0) is 34.1 Å². The van der Waals surface area contributed by atoms with Crippen LogP contribution in [0.25, 0.3) is 0 Å². The minimum atomic E-state index is 0.713. The van der Waals surface area contributed by atoms with Crippen molar-refractivity contribution in [1.82, 2.24) is 15.5 Å². The predicted octanol–water partition coefficient (Wildman–Crippen LogP) is 2.05. The summed E-state index contributed by atoms with van der Waals surface area (Å²) in [7, 11) is 0. The summed E-state index contributed by atoms with van der Waals surface area (Å²) in [6, 6.07) is 5.75. The number of aromatic amines is 1. The number of hydrogen-bond donors (Lipinski definition) is 2. The highest BCUT2D eigenvalue weighted by Gasteiger charge is 1.99. The van der Waals surface area contributed by atoms with Crippen LogP contribution in [0.4, 0.5) is 0 Å². The average Bonchev–Trinajstić information content (AvgIpc) is 2.77. The second-order valence-corrected chi connectivity index (χ2v) is 3.67. The van der Waals surface area contributed by atoms with Crippen LogP contribution in [0, 0.1) is 0 Å². The van der Waals surface area contributed by atoms with Gasteiger partial charge in [-0.3, -0.25) is 5.10 Å². The molecule has 2 heterocycles. The van der Waals surface area contributed by atoms with Crippen LogP contribution in [0.2, 0.25) is 0 Å². The molecule has 4 nitrogen and oxygen atoms in total. The molecule has 0 saturated heterocycles. The molecule has 14 heavy (non-hydrogen) atoms. The average molecular weight is 256 g/mol. The first-order valence-electron chi connectivity index (χ1n) is 4.28. The van der Waals surface area contributed by atoms with Gasteiger partial charge in [0.1, 0.15) is 5.76 Å². The maximum absolute atomic E-state index is 5.33. The van der Waals surface area contributed by atoms with E-state index in [1.807, 2.05) is 18.2 Å². The Balaban J connectivity index is 1.78. The lowest BCUT2D eigenvalue weighted by atomic mass is 10.4. The van der Waals surface area contributed by atoms with Crippen molar-refractivity contribution < 1.29 is 4.42 Å². The molecule has 5 heteroatoms. The molecule has 2 rings (SSSR count). The van der Waals surface area contributed by atoms with Gasteiger partial charge in [-0.1, -0.05) is 0 Å². The van der Waals surface area contributed by atoms with Crippen molar-refractivity contribution in [1.29, 1.82) is 0 Å². The van der Waals surface area contributed by atoms with Gasteiger partial charge in [0.15, 0.2) is 4.67 Å². The summed E-state index contributed by atoms with van der Waals surface area (Å²) in [5.74, 6) is 0.913. The third-order valence-electron chi connectivity index (χ3n) is 1.80. The smallest absolute Gasteiger partial charge is 0.169 e. The SMILES string of the molecule is Brc1ccc(CNCc2ccn[nH]2)o1. The minimum Gasteiger partial charge on any atom is -0.453 e. The fourth-order valence-electron chi connectivity index (χ4n) is 1.15. The van der Waals surface area contributed by atoms with E-state index < -0.39 is 0 Å². The van der Waals surface area contributed by atoms with Crippen molar-refractivity contribution in [2.75, 3.05) is 0 Å². The molecule has 0 aliphatic rings. The molecule has 2 N–H and O–H groups in total. The van der Waals surface area contributed by atoms with Gasteiger partial charge < -0.3 is 9.73 Å². The topological polar surface area (TPSA) is 53.9 Å². The highest BCUT2D eigenvalue weighted by atomic mass is 79.9. The normalized spacial score (nSPS) is 10.6. The van der Waals surface area contributed by atoms with E-state index in [-0.39, 0.29) is 0 Å². The molecule has 0 radical (unpaired) electrons. The fraction of sp³-hybridized carbons (Fsp3) is 0.222. The zero-order valence-electron chi connectivity index (χ0n) is 7.46. The Hall–Kier alpha value is -1.07. The van der Waals surface area contributed by atoms with Gasteiger partial charge in [0.25, 0.3) is 0 Å². The number of nitrogens with one attached hydrogen (secondary N) is 2. The standard InChI is InChI=1S/C9H10BrN3O/c10-9-2-1-8(14-9)6-11-5-7-3-4-12-13-7/h1-4,11H,5-6H2,(H,12,13). The van der Waals surface area contributed by atoms with E-state index in [0.717, 1.165) is 22.7 Å². The number of rotatable bonds is 4. The highest BCUT2D eigenvalue weighted by molar-refractivity contribution is 9.10. The third kappa shape index (κ3) is 2.46. The Bertz CT molecular complexity index is 382. The van der Waals surface area contributed by atoms with Crippen LogP contribution >= 0.6 is 15.9 Å². The monoisotopic (exact) mass is 255 g/mol. The molecule has 0 atom stereocenters. The number of furan rings is 1. The van der Waals surface area contributed by atoms with Crippen LogP contribution in [0.3, 0.4) is 0 Å². The molecule has 0 bridgehead atoms. The molecule has 0 saturated carbocycles. The maximum atomic E-state index is 5.33. The van der Waals surface area contributed by atoms with Crippen molar-refractivity contribution in [3.8, 4) is 0 Å². The molecule has 0 aromatic carbocycles. The fourth-order valence-corrected chi connectivity index (χ4v) is 1.49. The van der Waals surface area contributed by atoms with Crippen LogP contribution in [-0.4, -0.2) is 10.2 Å². The number of H-pyrrole nitrogens is 1. The molecule has 74 valence electrons. The van der Waals surface area contributed by atoms with Crippen LogP contribution in [-0.2, 0) is 13.1 Å². The van der Waals surface area contributed by atoms with E-state index in [0.29, 0.717) is 6.54 Å². The quantitative estimate of drug-likeness (QED) is 0.880. The molecule has 0 fully saturated rings. The first-order valence-corrected chi connectivity index (χ1v) is 5.07. The number of halogens is 1. The molecule has 2 aromatic heterocycles. The Morgan fingerprint density at radius 2 is 2.29 bits per heavy atom. The van der Waals surface area contributed by atoms with Crippen molar-refractivity contribution in [2.45, 2.75) is 13.1 Å². The van der Waals surface area contributed by atoms with E-state index in [1.165, 1.54) is 0 Å². The molecule has 0 spiro atoms. The van der Waals surface area contributed by atoms with E-state index in [2.05, 4.69) is 31.4 Å². The Kier molecular flexibility index (Phi) is 3.00. The number of hydrogen-bond acceptors (Lipinski definition) is 3. The predicted molar refractivity (Wildman–Crippen MR) is 55.5 cm³/mol. The molecule has 0 unspecified atom stereocenters. The third-order valence-corrected chi connectivity index (χ3v) is 2.23. The number of nitrogens with zero attached hydrogens (tertiary/aromatic N) is 1. The lowest BCUT2D eigenvalue weighted by Crippen LogP contribution is -2.12. The zero-order chi connectivity index (χ0) is 9.80. The molecular weight excluding hydrogens is 246 g/mol. The van der Waals surface area contributed by atoms with Gasteiger partial charge in [0.05, 0.1) is 6.54 Å². The summed E-state index contributed by atoms with van der Waals surface area (Å²) in [4.78, 5) is 0. The van der Waals surface area contributed by atoms with Gasteiger partial charge in [-0.2, -0.15) is 5.10 Å². The molecule has 0 aliphatic carbocycles. The van der Waals surface area contributed by atoms with Crippen LogP contribution in [0.15, 0.2) is 33.5 Å². The van der Waals surface area contributed by atoms with Gasteiger partial charge in [-0.15, -0.1) is 0 Å². The summed E-state index contributed by atoms with van der Waals surface area (Å²) in [6.45, 7) is 1.48. The van der Waals surface area contributed by atoms with Gasteiger partial charge in [-0.25, -0.2) is 0 Å². The minimum absolute atomic E-state index is 0.713. The maximum Gasteiger partial charge on any atom is 0.169 e. The molecule has 0 aliphatic heterocycles. The van der Waals surface area contributed by atoms with Crippen LogP contribution < -0.4 is 5.32 Å². The van der Waals surface area contributed by atoms with E-state index >= 15 is 0 Å². The van der Waals surface area contributed by atoms with Gasteiger partial charge >= 0.3 is 0 Å². The van der Waals surface area contributed by atoms with Gasteiger partial charge in [0, 0.05) is 18.4 Å². The summed E-state index contributed by atoms with van der Waals surface area (Å²) in [5.41, 5.74) is 1.07. The largest absolute Gasteiger partial charge is 0.453 e. The Labute approximate surface area is 89.8 Å². The van der Waals surface area contributed by atoms with Crippen molar-refractivity contribution in [3.63, 3.8) is 0 Å². The Morgan fingerprint density at radius 1 is 1.36 bits per heavy atom. The first kappa shape index (κ1) is 9.48. The molecule has 0 amide bonds. The first-order chi connectivity index (χ1) is 6.84. The van der Waals surface area contributed by atoms with Crippen LogP contribution in [0.5, 0.6) is 0 Å². The van der Waals surface area contributed by atoms with Crippen LogP contribution in [0.1, 0.15) is 11.5 Å².